The summed E-state index contributed by atoms with van der Waals surface area (Å²) in [4.78, 5) is 4.75. The molecule has 2 heterocycles. The van der Waals surface area contributed by atoms with Crippen LogP contribution in [0.25, 0.3) is 10.9 Å². The predicted molar refractivity (Wildman–Crippen MR) is 138 cm³/mol. The van der Waals surface area contributed by atoms with Gasteiger partial charge >= 0.3 is 0 Å². The van der Waals surface area contributed by atoms with Gasteiger partial charge in [-0.25, -0.2) is 4.98 Å². The maximum Gasteiger partial charge on any atom is 0.279 e. The standard InChI is InChI=1S/C27H24ClN3O3S/c1-3-34-21-12-11-20-15-23(27(28)29-24(20)16-21)26-17-25(19-7-5-4-6-8-19)30-31(26)35(32,33)22-13-9-18(2)10-14-22/h4-16,26H,3,17H2,1-2H3. The number of aromatic nitrogens is 1. The van der Waals surface area contributed by atoms with Crippen molar-refractivity contribution in [2.45, 2.75) is 31.2 Å². The Kier molecular flexibility index (Phi) is 6.21. The van der Waals surface area contributed by atoms with E-state index in [9.17, 15) is 8.42 Å². The third-order valence-electron chi connectivity index (χ3n) is 5.98. The molecule has 0 fully saturated rings. The van der Waals surface area contributed by atoms with Gasteiger partial charge in [0.05, 0.1) is 28.8 Å². The fourth-order valence-corrected chi connectivity index (χ4v) is 5.89. The Hall–Kier alpha value is -3.42. The van der Waals surface area contributed by atoms with Crippen molar-refractivity contribution in [3.8, 4) is 5.75 Å². The lowest BCUT2D eigenvalue weighted by molar-refractivity contribution is 0.340. The van der Waals surface area contributed by atoms with E-state index >= 15 is 0 Å². The van der Waals surface area contributed by atoms with Gasteiger partial charge in [0.1, 0.15) is 10.9 Å². The highest BCUT2D eigenvalue weighted by Crippen LogP contribution is 2.40. The first-order valence-corrected chi connectivity index (χ1v) is 13.2. The number of hydrazone groups is 1. The zero-order chi connectivity index (χ0) is 24.6. The molecule has 4 aromatic rings. The molecule has 8 heteroatoms. The lowest BCUT2D eigenvalue weighted by atomic mass is 9.99. The minimum Gasteiger partial charge on any atom is -0.494 e. The van der Waals surface area contributed by atoms with Gasteiger partial charge in [0, 0.05) is 23.4 Å². The molecular formula is C27H24ClN3O3S. The maximum absolute atomic E-state index is 13.7. The van der Waals surface area contributed by atoms with Crippen molar-refractivity contribution in [2.75, 3.05) is 6.61 Å². The summed E-state index contributed by atoms with van der Waals surface area (Å²) in [7, 11) is -3.94. The number of rotatable bonds is 6. The van der Waals surface area contributed by atoms with Gasteiger partial charge in [-0.3, -0.25) is 0 Å². The third-order valence-corrected chi connectivity index (χ3v) is 7.98. The van der Waals surface area contributed by atoms with Crippen LogP contribution in [0.3, 0.4) is 0 Å². The fraction of sp³-hybridized carbons (Fsp3) is 0.185. The molecule has 0 bridgehead atoms. The van der Waals surface area contributed by atoms with Gasteiger partial charge < -0.3 is 4.74 Å². The van der Waals surface area contributed by atoms with Gasteiger partial charge in [-0.05, 0) is 49.7 Å². The average Bonchev–Trinajstić information content (AvgIpc) is 3.31. The monoisotopic (exact) mass is 505 g/mol. The molecular weight excluding hydrogens is 482 g/mol. The highest BCUT2D eigenvalue weighted by Gasteiger charge is 2.39. The molecule has 0 spiro atoms. The van der Waals surface area contributed by atoms with E-state index in [2.05, 4.69) is 10.1 Å². The van der Waals surface area contributed by atoms with Gasteiger partial charge in [-0.1, -0.05) is 59.6 Å². The Labute approximate surface area is 209 Å². The van der Waals surface area contributed by atoms with E-state index in [1.165, 1.54) is 4.41 Å². The molecule has 0 saturated heterocycles. The Morgan fingerprint density at radius 2 is 1.77 bits per heavy atom. The molecule has 3 aromatic carbocycles. The molecule has 35 heavy (non-hydrogen) atoms. The smallest absolute Gasteiger partial charge is 0.279 e. The second-order valence-electron chi connectivity index (χ2n) is 8.38. The molecule has 1 aromatic heterocycles. The van der Waals surface area contributed by atoms with Crippen LogP contribution in [0.2, 0.25) is 5.15 Å². The van der Waals surface area contributed by atoms with Crippen molar-refractivity contribution < 1.29 is 13.2 Å². The second-order valence-corrected chi connectivity index (χ2v) is 10.5. The van der Waals surface area contributed by atoms with Gasteiger partial charge in [-0.2, -0.15) is 17.9 Å². The summed E-state index contributed by atoms with van der Waals surface area (Å²) in [6, 6.07) is 23.2. The number of ether oxygens (including phenoxy) is 1. The first-order valence-electron chi connectivity index (χ1n) is 11.3. The highest BCUT2D eigenvalue weighted by molar-refractivity contribution is 7.89. The molecule has 6 nitrogen and oxygen atoms in total. The van der Waals surface area contributed by atoms with Crippen LogP contribution < -0.4 is 4.74 Å². The Balaban J connectivity index is 1.62. The van der Waals surface area contributed by atoms with E-state index in [-0.39, 0.29) is 10.0 Å². The summed E-state index contributed by atoms with van der Waals surface area (Å²) >= 11 is 6.66. The van der Waals surface area contributed by atoms with Gasteiger partial charge in [0.15, 0.2) is 0 Å². The van der Waals surface area contributed by atoms with E-state index in [4.69, 9.17) is 16.3 Å². The number of pyridine rings is 1. The minimum absolute atomic E-state index is 0.178. The van der Waals surface area contributed by atoms with Crippen molar-refractivity contribution in [1.29, 1.82) is 0 Å². The number of hydrogen-bond donors (Lipinski definition) is 0. The van der Waals surface area contributed by atoms with Crippen LogP contribution in [0, 0.1) is 6.92 Å². The molecule has 5 rings (SSSR count). The van der Waals surface area contributed by atoms with Crippen molar-refractivity contribution in [1.82, 2.24) is 9.40 Å². The molecule has 0 N–H and O–H groups in total. The van der Waals surface area contributed by atoms with Crippen LogP contribution in [0.1, 0.15) is 36.1 Å². The fourth-order valence-electron chi connectivity index (χ4n) is 4.20. The number of benzene rings is 3. The molecule has 1 unspecified atom stereocenters. The number of sulfonamides is 1. The van der Waals surface area contributed by atoms with E-state index in [1.807, 2.05) is 68.4 Å². The Morgan fingerprint density at radius 3 is 2.49 bits per heavy atom. The lowest BCUT2D eigenvalue weighted by Crippen LogP contribution is -2.27. The highest BCUT2D eigenvalue weighted by atomic mass is 35.5. The average molecular weight is 506 g/mol. The number of aryl methyl sites for hydroxylation is 1. The molecule has 1 aliphatic rings. The summed E-state index contributed by atoms with van der Waals surface area (Å²) in [5.74, 6) is 0.704. The van der Waals surface area contributed by atoms with E-state index in [0.29, 0.717) is 35.6 Å². The zero-order valence-electron chi connectivity index (χ0n) is 19.3. The van der Waals surface area contributed by atoms with Crippen molar-refractivity contribution >= 4 is 38.2 Å². The summed E-state index contributed by atoms with van der Waals surface area (Å²) in [6.45, 7) is 4.38. The van der Waals surface area contributed by atoms with Gasteiger partial charge in [0.2, 0.25) is 0 Å². The molecule has 178 valence electrons. The molecule has 0 amide bonds. The Bertz CT molecular complexity index is 1520. The van der Waals surface area contributed by atoms with E-state index < -0.39 is 16.1 Å². The van der Waals surface area contributed by atoms with Crippen LogP contribution >= 0.6 is 11.6 Å². The summed E-state index contributed by atoms with van der Waals surface area (Å²) in [5.41, 5.74) is 3.80. The topological polar surface area (TPSA) is 71.9 Å². The molecule has 1 aliphatic heterocycles. The van der Waals surface area contributed by atoms with Crippen molar-refractivity contribution in [3.63, 3.8) is 0 Å². The van der Waals surface area contributed by atoms with Gasteiger partial charge in [0.25, 0.3) is 10.0 Å². The van der Waals surface area contributed by atoms with Crippen LogP contribution in [0.15, 0.2) is 88.9 Å². The first-order chi connectivity index (χ1) is 16.9. The summed E-state index contributed by atoms with van der Waals surface area (Å²) in [5, 5.41) is 5.68. The summed E-state index contributed by atoms with van der Waals surface area (Å²) in [6.07, 6.45) is 0.374. The maximum atomic E-state index is 13.7. The number of halogens is 1. The number of nitrogens with zero attached hydrogens (tertiary/aromatic N) is 3. The van der Waals surface area contributed by atoms with Crippen LogP contribution in [0.4, 0.5) is 0 Å². The van der Waals surface area contributed by atoms with Crippen LogP contribution in [-0.4, -0.2) is 30.1 Å². The number of hydrogen-bond acceptors (Lipinski definition) is 5. The third kappa shape index (κ3) is 4.49. The lowest BCUT2D eigenvalue weighted by Gasteiger charge is -2.24. The van der Waals surface area contributed by atoms with Crippen molar-refractivity contribution in [3.05, 3.63) is 101 Å². The van der Waals surface area contributed by atoms with Crippen molar-refractivity contribution in [2.24, 2.45) is 5.10 Å². The molecule has 1 atom stereocenters. The quantitative estimate of drug-likeness (QED) is 0.295. The first kappa shape index (κ1) is 23.3. The van der Waals surface area contributed by atoms with E-state index in [1.54, 1.807) is 24.3 Å². The van der Waals surface area contributed by atoms with Crippen LogP contribution in [-0.2, 0) is 10.0 Å². The zero-order valence-corrected chi connectivity index (χ0v) is 20.9. The minimum atomic E-state index is -3.94. The Morgan fingerprint density at radius 1 is 1.03 bits per heavy atom. The van der Waals surface area contributed by atoms with Crippen LogP contribution in [0.5, 0.6) is 5.75 Å². The second kappa shape index (κ2) is 9.32. The SMILES string of the molecule is CCOc1ccc2cc(C3CC(c4ccccc4)=NN3S(=O)(=O)c3ccc(C)cc3)c(Cl)nc2c1. The summed E-state index contributed by atoms with van der Waals surface area (Å²) < 4.78 is 34.2. The van der Waals surface area contributed by atoms with E-state index in [0.717, 1.165) is 16.5 Å². The van der Waals surface area contributed by atoms with Gasteiger partial charge in [-0.15, -0.1) is 0 Å². The largest absolute Gasteiger partial charge is 0.494 e. The normalized spacial score (nSPS) is 15.9. The predicted octanol–water partition coefficient (Wildman–Crippen LogP) is 6.14. The molecule has 0 radical (unpaired) electrons. The molecule has 0 saturated carbocycles. The number of fused-ring (bicyclic) bond motifs is 1. The molecule has 0 aliphatic carbocycles.